The van der Waals surface area contributed by atoms with Crippen LogP contribution in [0.25, 0.3) is 0 Å². The van der Waals surface area contributed by atoms with E-state index in [0.717, 1.165) is 10.4 Å². The molecule has 0 saturated carbocycles. The van der Waals surface area contributed by atoms with Gasteiger partial charge in [-0.2, -0.15) is 0 Å². The molecular weight excluding hydrogens is 498 g/mol. The molecule has 9 heteroatoms. The lowest BCUT2D eigenvalue weighted by Gasteiger charge is -2.29. The van der Waals surface area contributed by atoms with Crippen LogP contribution in [0.5, 0.6) is 0 Å². The molecule has 34 heavy (non-hydrogen) atoms. The van der Waals surface area contributed by atoms with Crippen LogP contribution in [-0.4, -0.2) is 13.0 Å². The topological polar surface area (TPSA) is 59.4 Å². The zero-order valence-electron chi connectivity index (χ0n) is 17.5. The Morgan fingerprint density at radius 1 is 0.706 bits per heavy atom. The maximum atomic E-state index is 14.7. The second-order valence-electron chi connectivity index (χ2n) is 7.82. The molecule has 1 aliphatic heterocycles. The lowest BCUT2D eigenvalue weighted by atomic mass is 9.94. The number of aromatic nitrogens is 1. The molecule has 1 aromatic heterocycles. The van der Waals surface area contributed by atoms with Crippen LogP contribution in [0.3, 0.4) is 0 Å². The van der Waals surface area contributed by atoms with E-state index < -0.39 is 32.8 Å². The Balaban J connectivity index is 1.83. The van der Waals surface area contributed by atoms with Crippen molar-refractivity contribution in [2.75, 3.05) is 4.31 Å². The number of hydrogen-bond donors (Lipinski definition) is 0. The SMILES string of the molecule is O=c1cccc2n1C(c1ccc(Cl)cc1)C(c1ccc(Cl)cc1)N2S(=O)(=O)c1ccccc1F. The first kappa shape index (κ1) is 22.7. The predicted molar refractivity (Wildman–Crippen MR) is 131 cm³/mol. The molecule has 0 radical (unpaired) electrons. The van der Waals surface area contributed by atoms with Crippen LogP contribution in [0.15, 0.2) is 101 Å². The Hall–Kier alpha value is -3.13. The minimum absolute atomic E-state index is 0.135. The zero-order chi connectivity index (χ0) is 24.0. The van der Waals surface area contributed by atoms with Crippen molar-refractivity contribution in [1.29, 1.82) is 0 Å². The number of nitrogens with zero attached hydrogens (tertiary/aromatic N) is 2. The summed E-state index contributed by atoms with van der Waals surface area (Å²) in [6, 6.07) is 21.5. The standard InChI is InChI=1S/C25H17Cl2FN2O3S/c26-18-12-8-16(9-13-18)24-25(17-10-14-19(27)15-11-17)30(22-6-3-7-23(31)29(22)24)34(32,33)21-5-2-1-4-20(21)28/h1-15,24-25H. The average Bonchev–Trinajstić information content (AvgIpc) is 3.17. The molecule has 0 spiro atoms. The summed E-state index contributed by atoms with van der Waals surface area (Å²) in [6.45, 7) is 0. The van der Waals surface area contributed by atoms with Crippen molar-refractivity contribution in [3.63, 3.8) is 0 Å². The third kappa shape index (κ3) is 3.70. The van der Waals surface area contributed by atoms with E-state index >= 15 is 0 Å². The summed E-state index contributed by atoms with van der Waals surface area (Å²) in [4.78, 5) is 12.6. The van der Waals surface area contributed by atoms with Gasteiger partial charge in [0, 0.05) is 16.1 Å². The maximum Gasteiger partial charge on any atom is 0.269 e. The van der Waals surface area contributed by atoms with Gasteiger partial charge in [0.15, 0.2) is 0 Å². The zero-order valence-corrected chi connectivity index (χ0v) is 19.8. The molecule has 1 aliphatic rings. The van der Waals surface area contributed by atoms with Crippen LogP contribution in [0.4, 0.5) is 10.2 Å². The third-order valence-corrected chi connectivity index (χ3v) is 8.14. The van der Waals surface area contributed by atoms with E-state index in [1.165, 1.54) is 34.9 Å². The van der Waals surface area contributed by atoms with Crippen molar-refractivity contribution >= 4 is 39.0 Å². The smallest absolute Gasteiger partial charge is 0.269 e. The third-order valence-electron chi connectivity index (χ3n) is 5.82. The number of halogens is 3. The Bertz CT molecular complexity index is 1540. The van der Waals surface area contributed by atoms with Gasteiger partial charge >= 0.3 is 0 Å². The van der Waals surface area contributed by atoms with E-state index in [0.29, 0.717) is 21.2 Å². The van der Waals surface area contributed by atoms with E-state index in [1.54, 1.807) is 54.6 Å². The van der Waals surface area contributed by atoms with Crippen LogP contribution in [0, 0.1) is 5.82 Å². The van der Waals surface area contributed by atoms with Crippen LogP contribution >= 0.6 is 23.2 Å². The monoisotopic (exact) mass is 514 g/mol. The molecule has 5 nitrogen and oxygen atoms in total. The molecule has 3 aromatic carbocycles. The van der Waals surface area contributed by atoms with E-state index in [-0.39, 0.29) is 11.4 Å². The Labute approximate surface area is 205 Å². The summed E-state index contributed by atoms with van der Waals surface area (Å²) in [5.41, 5.74) is 0.875. The van der Waals surface area contributed by atoms with E-state index in [9.17, 15) is 17.6 Å². The van der Waals surface area contributed by atoms with E-state index in [4.69, 9.17) is 23.2 Å². The molecule has 172 valence electrons. The fourth-order valence-corrected chi connectivity index (χ4v) is 6.32. The van der Waals surface area contributed by atoms with Crippen LogP contribution in [-0.2, 0) is 10.0 Å². The predicted octanol–water partition coefficient (Wildman–Crippen LogP) is 5.83. The largest absolute Gasteiger partial charge is 0.284 e. The molecule has 0 N–H and O–H groups in total. The van der Waals surface area contributed by atoms with Crippen molar-refractivity contribution in [3.05, 3.63) is 128 Å². The second kappa shape index (κ2) is 8.58. The summed E-state index contributed by atoms with van der Waals surface area (Å²) >= 11 is 12.2. The average molecular weight is 515 g/mol. The minimum atomic E-state index is -4.42. The number of sulfonamides is 1. The molecule has 0 bridgehead atoms. The van der Waals surface area contributed by atoms with Gasteiger partial charge in [-0.05, 0) is 53.6 Å². The summed E-state index contributed by atoms with van der Waals surface area (Å²) in [6.07, 6.45) is 0. The van der Waals surface area contributed by atoms with Crippen molar-refractivity contribution in [1.82, 2.24) is 4.57 Å². The summed E-state index contributed by atoms with van der Waals surface area (Å²) < 4.78 is 45.1. The first-order valence-corrected chi connectivity index (χ1v) is 12.5. The summed E-state index contributed by atoms with van der Waals surface area (Å²) in [5.74, 6) is -0.743. The highest BCUT2D eigenvalue weighted by Crippen LogP contribution is 2.49. The molecule has 2 atom stereocenters. The minimum Gasteiger partial charge on any atom is -0.284 e. The number of benzene rings is 3. The first-order valence-electron chi connectivity index (χ1n) is 10.3. The summed E-state index contributed by atoms with van der Waals surface area (Å²) in [7, 11) is -4.42. The lowest BCUT2D eigenvalue weighted by Crippen LogP contribution is -2.34. The number of fused-ring (bicyclic) bond motifs is 1. The number of hydrogen-bond acceptors (Lipinski definition) is 3. The number of pyridine rings is 1. The molecule has 0 fully saturated rings. The molecular formula is C25H17Cl2FN2O3S. The Morgan fingerprint density at radius 3 is 1.85 bits per heavy atom. The normalized spacial score (nSPS) is 17.6. The maximum absolute atomic E-state index is 14.7. The Kier molecular flexibility index (Phi) is 5.72. The van der Waals surface area contributed by atoms with Gasteiger partial charge in [-0.25, -0.2) is 17.1 Å². The molecule has 2 heterocycles. The van der Waals surface area contributed by atoms with Crippen LogP contribution in [0.1, 0.15) is 23.2 Å². The molecule has 0 amide bonds. The second-order valence-corrected chi connectivity index (χ2v) is 10.5. The van der Waals surface area contributed by atoms with Gasteiger partial charge in [0.2, 0.25) is 0 Å². The quantitative estimate of drug-likeness (QED) is 0.344. The van der Waals surface area contributed by atoms with Gasteiger partial charge < -0.3 is 0 Å². The molecule has 4 aromatic rings. The van der Waals surface area contributed by atoms with Crippen molar-refractivity contribution in [2.24, 2.45) is 0 Å². The van der Waals surface area contributed by atoms with E-state index in [1.807, 2.05) is 0 Å². The van der Waals surface area contributed by atoms with Crippen molar-refractivity contribution in [2.45, 2.75) is 17.0 Å². The molecule has 0 saturated heterocycles. The van der Waals surface area contributed by atoms with Gasteiger partial charge in [0.25, 0.3) is 15.6 Å². The van der Waals surface area contributed by atoms with Crippen LogP contribution in [0.2, 0.25) is 10.0 Å². The van der Waals surface area contributed by atoms with Crippen molar-refractivity contribution in [3.8, 4) is 0 Å². The van der Waals surface area contributed by atoms with Gasteiger partial charge in [0.1, 0.15) is 16.5 Å². The van der Waals surface area contributed by atoms with Gasteiger partial charge in [-0.15, -0.1) is 0 Å². The first-order chi connectivity index (χ1) is 16.3. The van der Waals surface area contributed by atoms with Gasteiger partial charge in [-0.3, -0.25) is 9.36 Å². The van der Waals surface area contributed by atoms with Gasteiger partial charge in [0.05, 0.1) is 12.1 Å². The number of anilines is 1. The highest BCUT2D eigenvalue weighted by molar-refractivity contribution is 7.92. The molecule has 5 rings (SSSR count). The molecule has 0 aliphatic carbocycles. The van der Waals surface area contributed by atoms with Crippen LogP contribution < -0.4 is 9.86 Å². The number of rotatable bonds is 4. The highest BCUT2D eigenvalue weighted by atomic mass is 35.5. The van der Waals surface area contributed by atoms with Crippen molar-refractivity contribution < 1.29 is 12.8 Å². The Morgan fingerprint density at radius 2 is 1.26 bits per heavy atom. The lowest BCUT2D eigenvalue weighted by molar-refractivity contribution is 0.525. The van der Waals surface area contributed by atoms with E-state index in [2.05, 4.69) is 0 Å². The fraction of sp³-hybridized carbons (Fsp3) is 0.0800. The summed E-state index contributed by atoms with van der Waals surface area (Å²) in [5, 5.41) is 0.976. The highest BCUT2D eigenvalue weighted by Gasteiger charge is 2.47. The molecule has 2 unspecified atom stereocenters. The van der Waals surface area contributed by atoms with Gasteiger partial charge in [-0.1, -0.05) is 65.7 Å². The fourth-order valence-electron chi connectivity index (χ4n) is 4.36.